The number of allylic oxidation sites excluding steroid dienone is 2. The van der Waals surface area contributed by atoms with Crippen molar-refractivity contribution in [2.24, 2.45) is 23.7 Å². The lowest BCUT2D eigenvalue weighted by atomic mass is 9.82. The Kier molecular flexibility index (Phi) is 3.25. The van der Waals surface area contributed by atoms with Gasteiger partial charge in [0.1, 0.15) is 13.2 Å². The first-order valence-electron chi connectivity index (χ1n) is 7.75. The van der Waals surface area contributed by atoms with Crippen LogP contribution >= 0.6 is 0 Å². The van der Waals surface area contributed by atoms with Gasteiger partial charge in [0.2, 0.25) is 5.91 Å². The van der Waals surface area contributed by atoms with Crippen LogP contribution in [0.2, 0.25) is 0 Å². The maximum absolute atomic E-state index is 12.6. The van der Waals surface area contributed by atoms with Crippen molar-refractivity contribution in [3.05, 3.63) is 30.4 Å². The van der Waals surface area contributed by atoms with E-state index in [0.29, 0.717) is 30.4 Å². The number of ether oxygens (including phenoxy) is 2. The summed E-state index contributed by atoms with van der Waals surface area (Å²) < 4.78 is 10.9. The summed E-state index contributed by atoms with van der Waals surface area (Å²) >= 11 is 0. The van der Waals surface area contributed by atoms with Crippen molar-refractivity contribution in [1.82, 2.24) is 0 Å². The van der Waals surface area contributed by atoms with E-state index < -0.39 is 17.8 Å². The molecular formula is C17H17NO5. The van der Waals surface area contributed by atoms with Gasteiger partial charge in [-0.3, -0.25) is 9.59 Å². The van der Waals surface area contributed by atoms with Gasteiger partial charge in [0, 0.05) is 11.8 Å². The lowest BCUT2D eigenvalue weighted by molar-refractivity contribution is -0.146. The van der Waals surface area contributed by atoms with Gasteiger partial charge in [0.25, 0.3) is 0 Å². The van der Waals surface area contributed by atoms with Crippen LogP contribution in [0.4, 0.5) is 5.69 Å². The van der Waals surface area contributed by atoms with Crippen molar-refractivity contribution < 1.29 is 24.2 Å². The minimum atomic E-state index is -0.899. The summed E-state index contributed by atoms with van der Waals surface area (Å²) in [5.41, 5.74) is 0.593. The Morgan fingerprint density at radius 3 is 2.48 bits per heavy atom. The molecule has 4 atom stereocenters. The third kappa shape index (κ3) is 2.34. The molecule has 0 spiro atoms. The van der Waals surface area contributed by atoms with E-state index in [1.807, 2.05) is 12.2 Å². The second-order valence-corrected chi connectivity index (χ2v) is 6.19. The third-order valence-corrected chi connectivity index (χ3v) is 4.86. The van der Waals surface area contributed by atoms with Crippen LogP contribution < -0.4 is 14.8 Å². The smallest absolute Gasteiger partial charge is 0.307 e. The number of amides is 1. The molecule has 120 valence electrons. The fourth-order valence-electron chi connectivity index (χ4n) is 3.86. The van der Waals surface area contributed by atoms with Crippen molar-refractivity contribution in [3.8, 4) is 11.5 Å². The van der Waals surface area contributed by atoms with Crippen molar-refractivity contribution in [1.29, 1.82) is 0 Å². The average Bonchev–Trinajstić information content (AvgIpc) is 3.15. The minimum absolute atomic E-state index is 0.0123. The molecule has 23 heavy (non-hydrogen) atoms. The third-order valence-electron chi connectivity index (χ3n) is 4.86. The van der Waals surface area contributed by atoms with Crippen molar-refractivity contribution in [3.63, 3.8) is 0 Å². The molecule has 0 saturated heterocycles. The van der Waals surface area contributed by atoms with E-state index in [-0.39, 0.29) is 17.7 Å². The normalized spacial score (nSPS) is 30.3. The maximum Gasteiger partial charge on any atom is 0.307 e. The number of hydrogen-bond acceptors (Lipinski definition) is 4. The second kappa shape index (κ2) is 5.30. The minimum Gasteiger partial charge on any atom is -0.486 e. The molecule has 1 fully saturated rings. The summed E-state index contributed by atoms with van der Waals surface area (Å²) in [6.45, 7) is 0.985. The van der Waals surface area contributed by atoms with Crippen LogP contribution in [0.25, 0.3) is 0 Å². The molecule has 1 saturated carbocycles. The highest BCUT2D eigenvalue weighted by atomic mass is 16.6. The van der Waals surface area contributed by atoms with E-state index in [2.05, 4.69) is 5.32 Å². The van der Waals surface area contributed by atoms with E-state index in [1.54, 1.807) is 18.2 Å². The summed E-state index contributed by atoms with van der Waals surface area (Å²) in [6, 6.07) is 5.20. The molecule has 6 heteroatoms. The molecule has 2 bridgehead atoms. The number of aliphatic carboxylic acids is 1. The number of carbonyl (C=O) groups excluding carboxylic acids is 1. The first kappa shape index (κ1) is 14.1. The van der Waals surface area contributed by atoms with Gasteiger partial charge < -0.3 is 19.9 Å². The lowest BCUT2D eigenvalue weighted by Gasteiger charge is -2.24. The monoisotopic (exact) mass is 315 g/mol. The Hall–Kier alpha value is -2.50. The molecule has 2 aliphatic carbocycles. The number of anilines is 1. The molecule has 6 nitrogen and oxygen atoms in total. The highest BCUT2D eigenvalue weighted by Crippen LogP contribution is 2.48. The predicted molar refractivity (Wildman–Crippen MR) is 81.4 cm³/mol. The molecule has 1 heterocycles. The highest BCUT2D eigenvalue weighted by Gasteiger charge is 2.51. The summed E-state index contributed by atoms with van der Waals surface area (Å²) in [5, 5.41) is 12.3. The van der Waals surface area contributed by atoms with Gasteiger partial charge in [-0.15, -0.1) is 0 Å². The molecule has 1 aromatic rings. The van der Waals surface area contributed by atoms with Crippen LogP contribution in [-0.2, 0) is 9.59 Å². The Bertz CT molecular complexity index is 698. The molecule has 3 aliphatic rings. The number of carboxylic acids is 1. The summed E-state index contributed by atoms with van der Waals surface area (Å²) in [7, 11) is 0. The van der Waals surface area contributed by atoms with Gasteiger partial charge in [-0.25, -0.2) is 0 Å². The van der Waals surface area contributed by atoms with Crippen molar-refractivity contribution in [2.75, 3.05) is 18.5 Å². The number of hydrogen-bond donors (Lipinski definition) is 2. The van der Waals surface area contributed by atoms with Gasteiger partial charge in [-0.05, 0) is 30.4 Å². The van der Waals surface area contributed by atoms with E-state index in [9.17, 15) is 14.7 Å². The maximum atomic E-state index is 12.6. The molecule has 0 aromatic heterocycles. The van der Waals surface area contributed by atoms with Crippen molar-refractivity contribution in [2.45, 2.75) is 6.42 Å². The van der Waals surface area contributed by atoms with Gasteiger partial charge >= 0.3 is 5.97 Å². The Morgan fingerprint density at radius 2 is 1.74 bits per heavy atom. The molecule has 1 aliphatic heterocycles. The molecule has 1 amide bonds. The van der Waals surface area contributed by atoms with E-state index >= 15 is 0 Å². The average molecular weight is 315 g/mol. The quantitative estimate of drug-likeness (QED) is 0.832. The van der Waals surface area contributed by atoms with Crippen LogP contribution in [0.5, 0.6) is 11.5 Å². The first-order chi connectivity index (χ1) is 11.1. The first-order valence-corrected chi connectivity index (χ1v) is 7.75. The van der Waals surface area contributed by atoms with Gasteiger partial charge in [0.05, 0.1) is 11.8 Å². The largest absolute Gasteiger partial charge is 0.486 e. The number of nitrogens with one attached hydrogen (secondary N) is 1. The highest BCUT2D eigenvalue weighted by molar-refractivity contribution is 5.96. The topological polar surface area (TPSA) is 84.9 Å². The Morgan fingerprint density at radius 1 is 1.04 bits per heavy atom. The fourth-order valence-corrected chi connectivity index (χ4v) is 3.86. The SMILES string of the molecule is O=C(Nc1ccc2c(c1)OCCO2)[C@@H]1[C@H](C(=O)O)[C@@H]2C=C[C@H]1C2. The van der Waals surface area contributed by atoms with E-state index in [0.717, 1.165) is 6.42 Å². The summed E-state index contributed by atoms with van der Waals surface area (Å²) in [4.78, 5) is 24.1. The van der Waals surface area contributed by atoms with Crippen molar-refractivity contribution >= 4 is 17.6 Å². The zero-order chi connectivity index (χ0) is 16.0. The van der Waals surface area contributed by atoms with E-state index in [1.165, 1.54) is 0 Å². The van der Waals surface area contributed by atoms with Crippen LogP contribution in [0.3, 0.4) is 0 Å². The lowest BCUT2D eigenvalue weighted by Crippen LogP contribution is -2.36. The van der Waals surface area contributed by atoms with Crippen LogP contribution in [0, 0.1) is 23.7 Å². The number of fused-ring (bicyclic) bond motifs is 3. The number of carboxylic acid groups (broad SMARTS) is 1. The number of rotatable bonds is 3. The molecule has 4 rings (SSSR count). The molecule has 0 radical (unpaired) electrons. The predicted octanol–water partition coefficient (Wildman–Crippen LogP) is 1.92. The fraction of sp³-hybridized carbons (Fsp3) is 0.412. The Labute approximate surface area is 133 Å². The zero-order valence-electron chi connectivity index (χ0n) is 12.4. The molecule has 0 unspecified atom stereocenters. The summed E-state index contributed by atoms with van der Waals surface area (Å²) in [5.74, 6) is -1.07. The van der Waals surface area contributed by atoms with Gasteiger partial charge in [-0.1, -0.05) is 12.2 Å². The number of benzene rings is 1. The van der Waals surface area contributed by atoms with Crippen LogP contribution in [-0.4, -0.2) is 30.2 Å². The van der Waals surface area contributed by atoms with Gasteiger partial charge in [-0.2, -0.15) is 0 Å². The second-order valence-electron chi connectivity index (χ2n) is 6.19. The molecule has 2 N–H and O–H groups in total. The molecular weight excluding hydrogens is 298 g/mol. The van der Waals surface area contributed by atoms with E-state index in [4.69, 9.17) is 9.47 Å². The van der Waals surface area contributed by atoms with Gasteiger partial charge in [0.15, 0.2) is 11.5 Å². The summed E-state index contributed by atoms with van der Waals surface area (Å²) in [6.07, 6.45) is 4.64. The standard InChI is InChI=1S/C17H17NO5/c19-16(14-9-1-2-10(7-9)15(14)17(20)21)18-11-3-4-12-13(8-11)23-6-5-22-12/h1-4,8-10,14-15H,5-7H2,(H,18,19)(H,20,21)/t9-,10+,14-,15+/m0/s1. The van der Waals surface area contributed by atoms with Crippen LogP contribution in [0.15, 0.2) is 30.4 Å². The number of carbonyl (C=O) groups is 2. The zero-order valence-corrected chi connectivity index (χ0v) is 12.4. The Balaban J connectivity index is 1.54. The molecule has 1 aromatic carbocycles. The van der Waals surface area contributed by atoms with Crippen LogP contribution in [0.1, 0.15) is 6.42 Å².